The van der Waals surface area contributed by atoms with Gasteiger partial charge < -0.3 is 10.3 Å². The first kappa shape index (κ1) is 13.2. The number of rotatable bonds is 3. The molecule has 1 rings (SSSR count). The van der Waals surface area contributed by atoms with Crippen LogP contribution in [0.15, 0.2) is 10.9 Å². The van der Waals surface area contributed by atoms with Crippen molar-refractivity contribution in [2.24, 2.45) is 0 Å². The van der Waals surface area contributed by atoms with Gasteiger partial charge in [-0.25, -0.2) is 0 Å². The lowest BCUT2D eigenvalue weighted by Crippen LogP contribution is -2.35. The highest BCUT2D eigenvalue weighted by atomic mass is 127. The number of halogens is 1. The number of H-pyrrole nitrogens is 1. The van der Waals surface area contributed by atoms with Gasteiger partial charge in [-0.2, -0.15) is 0 Å². The van der Waals surface area contributed by atoms with Crippen molar-refractivity contribution in [3.05, 3.63) is 31.2 Å². The first-order chi connectivity index (χ1) is 7.45. The molecule has 0 saturated heterocycles. The zero-order valence-corrected chi connectivity index (χ0v) is 11.7. The van der Waals surface area contributed by atoms with E-state index >= 15 is 0 Å². The number of hydrogen-bond acceptors (Lipinski definition) is 2. The van der Waals surface area contributed by atoms with Gasteiger partial charge in [0.1, 0.15) is 5.56 Å². The smallest absolute Gasteiger partial charge is 0.261 e. The van der Waals surface area contributed by atoms with Crippen molar-refractivity contribution < 1.29 is 4.79 Å². The van der Waals surface area contributed by atoms with Crippen LogP contribution in [0.3, 0.4) is 0 Å². The molecule has 5 heteroatoms. The number of carbonyl (C=O) groups is 1. The van der Waals surface area contributed by atoms with Gasteiger partial charge in [0.15, 0.2) is 0 Å². The van der Waals surface area contributed by atoms with Gasteiger partial charge in [-0.15, -0.1) is 0 Å². The Hall–Kier alpha value is -0.850. The predicted molar refractivity (Wildman–Crippen MR) is 71.7 cm³/mol. The topological polar surface area (TPSA) is 62.0 Å². The molecule has 0 aromatic carbocycles. The van der Waals surface area contributed by atoms with Gasteiger partial charge in [0.05, 0.1) is 0 Å². The summed E-state index contributed by atoms with van der Waals surface area (Å²) in [6.07, 6.45) is 0.840. The molecule has 0 aliphatic carbocycles. The molecule has 0 aliphatic heterocycles. The average Bonchev–Trinajstić information content (AvgIpc) is 2.23. The van der Waals surface area contributed by atoms with Crippen LogP contribution in [0.2, 0.25) is 0 Å². The number of carbonyl (C=O) groups excluding carboxylic acids is 1. The van der Waals surface area contributed by atoms with E-state index in [9.17, 15) is 9.59 Å². The third kappa shape index (κ3) is 3.07. The van der Waals surface area contributed by atoms with Crippen LogP contribution >= 0.6 is 22.6 Å². The summed E-state index contributed by atoms with van der Waals surface area (Å²) < 4.78 is 0.881. The Morgan fingerprint density at radius 2 is 2.25 bits per heavy atom. The second-order valence-corrected chi connectivity index (χ2v) is 4.93. The molecule has 1 heterocycles. The maximum atomic E-state index is 11.8. The van der Waals surface area contributed by atoms with Gasteiger partial charge in [0, 0.05) is 15.3 Å². The van der Waals surface area contributed by atoms with Crippen LogP contribution in [0.25, 0.3) is 0 Å². The molecular weight excluding hydrogens is 319 g/mol. The highest BCUT2D eigenvalue weighted by molar-refractivity contribution is 14.1. The van der Waals surface area contributed by atoms with E-state index in [1.807, 2.05) is 13.8 Å². The second-order valence-electron chi connectivity index (χ2n) is 3.77. The third-order valence-corrected chi connectivity index (χ3v) is 3.53. The Labute approximate surface area is 108 Å². The van der Waals surface area contributed by atoms with Crippen LogP contribution < -0.4 is 10.9 Å². The molecule has 0 radical (unpaired) electrons. The van der Waals surface area contributed by atoms with Crippen LogP contribution in [-0.2, 0) is 0 Å². The first-order valence-corrected chi connectivity index (χ1v) is 6.23. The number of aromatic amines is 1. The molecule has 2 N–H and O–H groups in total. The summed E-state index contributed by atoms with van der Waals surface area (Å²) >= 11 is 2.09. The summed E-state index contributed by atoms with van der Waals surface area (Å²) in [6, 6.07) is 1.69. The van der Waals surface area contributed by atoms with E-state index in [4.69, 9.17) is 0 Å². The third-order valence-electron chi connectivity index (χ3n) is 2.41. The molecule has 4 nitrogen and oxygen atoms in total. The molecule has 0 aliphatic rings. The van der Waals surface area contributed by atoms with E-state index in [1.54, 1.807) is 13.0 Å². The minimum atomic E-state index is -0.335. The van der Waals surface area contributed by atoms with Gasteiger partial charge in [0.2, 0.25) is 0 Å². The SMILES string of the molecule is CC[C@H](C)NC(=O)c1cc(I)c(C)[nH]c1=O. The molecule has 0 bridgehead atoms. The van der Waals surface area contributed by atoms with Gasteiger partial charge in [-0.05, 0) is 48.9 Å². The second kappa shape index (κ2) is 5.47. The monoisotopic (exact) mass is 334 g/mol. The molecule has 0 saturated carbocycles. The van der Waals surface area contributed by atoms with Crippen LogP contribution in [0.1, 0.15) is 36.3 Å². The molecule has 88 valence electrons. The Balaban J connectivity index is 3.01. The lowest BCUT2D eigenvalue weighted by atomic mass is 10.2. The molecule has 0 spiro atoms. The lowest BCUT2D eigenvalue weighted by Gasteiger charge is -2.11. The fourth-order valence-electron chi connectivity index (χ4n) is 1.17. The van der Waals surface area contributed by atoms with Crippen molar-refractivity contribution in [3.8, 4) is 0 Å². The Kier molecular flexibility index (Phi) is 4.52. The van der Waals surface area contributed by atoms with E-state index in [1.165, 1.54) is 0 Å². The fraction of sp³-hybridized carbons (Fsp3) is 0.455. The number of hydrogen-bond donors (Lipinski definition) is 2. The summed E-state index contributed by atoms with van der Waals surface area (Å²) in [5, 5.41) is 2.77. The minimum absolute atomic E-state index is 0.0749. The summed E-state index contributed by atoms with van der Waals surface area (Å²) in [4.78, 5) is 26.0. The van der Waals surface area contributed by atoms with E-state index in [2.05, 4.69) is 32.9 Å². The standard InChI is InChI=1S/C11H15IN2O2/c1-4-6(2)13-10(15)8-5-9(12)7(3)14-11(8)16/h5-6H,4H2,1-3H3,(H,13,15)(H,14,16)/t6-/m0/s1. The van der Waals surface area contributed by atoms with E-state index < -0.39 is 0 Å². The van der Waals surface area contributed by atoms with Crippen LogP contribution in [0.4, 0.5) is 0 Å². The van der Waals surface area contributed by atoms with E-state index in [0.29, 0.717) is 0 Å². The quantitative estimate of drug-likeness (QED) is 0.829. The number of amides is 1. The normalized spacial score (nSPS) is 12.2. The first-order valence-electron chi connectivity index (χ1n) is 5.16. The number of aromatic nitrogens is 1. The summed E-state index contributed by atoms with van der Waals surface area (Å²) in [5.41, 5.74) is 0.625. The maximum Gasteiger partial charge on any atom is 0.261 e. The predicted octanol–water partition coefficient (Wildman–Crippen LogP) is 1.82. The molecular formula is C11H15IN2O2. The van der Waals surface area contributed by atoms with E-state index in [-0.39, 0.29) is 23.1 Å². The Morgan fingerprint density at radius 1 is 1.62 bits per heavy atom. The largest absolute Gasteiger partial charge is 0.349 e. The van der Waals surface area contributed by atoms with Crippen molar-refractivity contribution in [2.75, 3.05) is 0 Å². The van der Waals surface area contributed by atoms with Crippen molar-refractivity contribution in [1.82, 2.24) is 10.3 Å². The Bertz CT molecular complexity index is 454. The van der Waals surface area contributed by atoms with Gasteiger partial charge in [0.25, 0.3) is 11.5 Å². The summed E-state index contributed by atoms with van der Waals surface area (Å²) in [7, 11) is 0. The molecule has 1 aromatic rings. The van der Waals surface area contributed by atoms with Crippen LogP contribution in [-0.4, -0.2) is 16.9 Å². The molecule has 0 fully saturated rings. The van der Waals surface area contributed by atoms with Gasteiger partial charge >= 0.3 is 0 Å². The molecule has 0 unspecified atom stereocenters. The number of aryl methyl sites for hydroxylation is 1. The lowest BCUT2D eigenvalue weighted by molar-refractivity contribution is 0.0937. The van der Waals surface area contributed by atoms with Crippen molar-refractivity contribution in [2.45, 2.75) is 33.2 Å². The zero-order valence-electron chi connectivity index (χ0n) is 9.56. The zero-order chi connectivity index (χ0) is 12.3. The molecule has 1 amide bonds. The Morgan fingerprint density at radius 3 is 2.81 bits per heavy atom. The number of pyridine rings is 1. The average molecular weight is 334 g/mol. The van der Waals surface area contributed by atoms with E-state index in [0.717, 1.165) is 15.7 Å². The highest BCUT2D eigenvalue weighted by Crippen LogP contribution is 2.08. The number of nitrogens with one attached hydrogen (secondary N) is 2. The minimum Gasteiger partial charge on any atom is -0.349 e. The van der Waals surface area contributed by atoms with Gasteiger partial charge in [-0.1, -0.05) is 6.92 Å². The highest BCUT2D eigenvalue weighted by Gasteiger charge is 2.13. The summed E-state index contributed by atoms with van der Waals surface area (Å²) in [5.74, 6) is -0.312. The van der Waals surface area contributed by atoms with Crippen molar-refractivity contribution >= 4 is 28.5 Å². The fourth-order valence-corrected chi connectivity index (χ4v) is 1.62. The molecule has 1 aromatic heterocycles. The molecule has 16 heavy (non-hydrogen) atoms. The maximum absolute atomic E-state index is 11.8. The summed E-state index contributed by atoms with van der Waals surface area (Å²) in [6.45, 7) is 5.69. The van der Waals surface area contributed by atoms with Crippen molar-refractivity contribution in [1.29, 1.82) is 0 Å². The van der Waals surface area contributed by atoms with Crippen LogP contribution in [0.5, 0.6) is 0 Å². The van der Waals surface area contributed by atoms with Gasteiger partial charge in [-0.3, -0.25) is 9.59 Å². The van der Waals surface area contributed by atoms with Crippen molar-refractivity contribution in [3.63, 3.8) is 0 Å². The van der Waals surface area contributed by atoms with Crippen LogP contribution in [0, 0.1) is 10.5 Å². The molecule has 1 atom stereocenters.